The lowest BCUT2D eigenvalue weighted by Gasteiger charge is -2.40. The Kier molecular flexibility index (Phi) is 2.80. The molecule has 2 aliphatic carbocycles. The van der Waals surface area contributed by atoms with Crippen LogP contribution in [-0.4, -0.2) is 15.3 Å². The van der Waals surface area contributed by atoms with E-state index in [0.29, 0.717) is 22.8 Å². The average molecular weight is 331 g/mol. The summed E-state index contributed by atoms with van der Waals surface area (Å²) in [7, 11) is 0. The van der Waals surface area contributed by atoms with E-state index in [2.05, 4.69) is 4.98 Å². The van der Waals surface area contributed by atoms with Gasteiger partial charge in [0.2, 0.25) is 0 Å². The number of aromatic amines is 1. The number of hydrogen-bond donors (Lipinski definition) is 2. The van der Waals surface area contributed by atoms with Crippen LogP contribution in [0.2, 0.25) is 0 Å². The van der Waals surface area contributed by atoms with Gasteiger partial charge in [-0.1, -0.05) is 23.5 Å². The van der Waals surface area contributed by atoms with Crippen molar-refractivity contribution in [3.8, 4) is 5.75 Å². The molecule has 3 nitrogen and oxygen atoms in total. The summed E-state index contributed by atoms with van der Waals surface area (Å²) in [6, 6.07) is 7.61. The molecule has 2 aromatic rings. The molecular weight excluding hydrogens is 314 g/mol. The van der Waals surface area contributed by atoms with Crippen molar-refractivity contribution >= 4 is 23.1 Å². The van der Waals surface area contributed by atoms with Gasteiger partial charge in [0.1, 0.15) is 5.75 Å². The molecule has 5 rings (SSSR count). The highest BCUT2D eigenvalue weighted by atomic mass is 32.2. The minimum atomic E-state index is 0.0635. The third-order valence-corrected chi connectivity index (χ3v) is 8.34. The predicted octanol–water partition coefficient (Wildman–Crippen LogP) is 3.79. The lowest BCUT2D eigenvalue weighted by Crippen LogP contribution is -2.33. The van der Waals surface area contributed by atoms with Gasteiger partial charge in [0, 0.05) is 16.0 Å². The van der Waals surface area contributed by atoms with E-state index in [9.17, 15) is 9.90 Å². The highest BCUT2D eigenvalue weighted by molar-refractivity contribution is 8.00. The summed E-state index contributed by atoms with van der Waals surface area (Å²) in [6.45, 7) is 0. The quantitative estimate of drug-likeness (QED) is 0.836. The maximum absolute atomic E-state index is 11.9. The van der Waals surface area contributed by atoms with Gasteiger partial charge in [-0.15, -0.1) is 11.8 Å². The number of phenols is 1. The standard InChI is InChI=1S/C17H17NO2S2/c19-11-5-3-8(4-6-11)12-13-9-1-2-10(7-9)14(13)21-16-15(12)22-17(20)18-16/h3-6,9-10,12-14,19H,1-2,7H2,(H,18,20)/t9-,10-,12+,13+,14+/m1/s1. The highest BCUT2D eigenvalue weighted by Crippen LogP contribution is 2.63. The predicted molar refractivity (Wildman–Crippen MR) is 88.9 cm³/mol. The molecule has 3 aliphatic rings. The molecule has 0 amide bonds. The SMILES string of the molecule is O=c1[nH]c2c(s1)[C@@H](c1ccc(O)cc1)[C@@H]1[C@@H]3CC[C@H](C3)[C@@H]1S2. The smallest absolute Gasteiger partial charge is 0.305 e. The minimum absolute atomic E-state index is 0.0635. The number of thioether (sulfide) groups is 1. The number of thiazole rings is 1. The summed E-state index contributed by atoms with van der Waals surface area (Å²) >= 11 is 3.30. The van der Waals surface area contributed by atoms with E-state index in [1.165, 1.54) is 41.0 Å². The fraction of sp³-hybridized carbons (Fsp3) is 0.471. The van der Waals surface area contributed by atoms with Gasteiger partial charge < -0.3 is 10.1 Å². The van der Waals surface area contributed by atoms with Crippen LogP contribution in [0.5, 0.6) is 5.75 Å². The second-order valence-corrected chi connectivity index (χ2v) is 8.97. The van der Waals surface area contributed by atoms with Crippen LogP contribution in [0, 0.1) is 17.8 Å². The van der Waals surface area contributed by atoms with E-state index in [-0.39, 0.29) is 4.87 Å². The van der Waals surface area contributed by atoms with Crippen molar-refractivity contribution in [2.75, 3.05) is 0 Å². The first-order valence-electron chi connectivity index (χ1n) is 7.89. The normalized spacial score (nSPS) is 35.4. The van der Waals surface area contributed by atoms with Crippen LogP contribution in [0.3, 0.4) is 0 Å². The van der Waals surface area contributed by atoms with Crippen molar-refractivity contribution in [1.29, 1.82) is 0 Å². The first-order chi connectivity index (χ1) is 10.7. The van der Waals surface area contributed by atoms with Crippen LogP contribution in [0.4, 0.5) is 0 Å². The summed E-state index contributed by atoms with van der Waals surface area (Å²) < 4.78 is 0. The molecule has 2 fully saturated rings. The van der Waals surface area contributed by atoms with E-state index in [0.717, 1.165) is 16.9 Å². The zero-order valence-corrected chi connectivity index (χ0v) is 13.6. The Morgan fingerprint density at radius 1 is 1.14 bits per heavy atom. The van der Waals surface area contributed by atoms with Crippen LogP contribution in [0.15, 0.2) is 34.1 Å². The fourth-order valence-corrected chi connectivity index (χ4v) is 7.80. The van der Waals surface area contributed by atoms with Gasteiger partial charge in [0.25, 0.3) is 0 Å². The van der Waals surface area contributed by atoms with E-state index in [4.69, 9.17) is 0 Å². The van der Waals surface area contributed by atoms with Gasteiger partial charge in [-0.25, -0.2) is 0 Å². The molecule has 2 bridgehead atoms. The Hall–Kier alpha value is -1.20. The number of aromatic nitrogens is 1. The van der Waals surface area contributed by atoms with Gasteiger partial charge in [0.15, 0.2) is 0 Å². The summed E-state index contributed by atoms with van der Waals surface area (Å²) in [4.78, 5) is 16.2. The van der Waals surface area contributed by atoms with E-state index >= 15 is 0 Å². The van der Waals surface area contributed by atoms with Gasteiger partial charge in [-0.2, -0.15) is 0 Å². The largest absolute Gasteiger partial charge is 0.508 e. The molecule has 22 heavy (non-hydrogen) atoms. The lowest BCUT2D eigenvalue weighted by molar-refractivity contribution is 0.307. The summed E-state index contributed by atoms with van der Waals surface area (Å²) in [6.07, 6.45) is 4.05. The molecule has 1 aromatic carbocycles. The number of phenolic OH excluding ortho intramolecular Hbond substituents is 1. The van der Waals surface area contributed by atoms with Crippen LogP contribution in [-0.2, 0) is 0 Å². The van der Waals surface area contributed by atoms with Crippen molar-refractivity contribution in [1.82, 2.24) is 4.98 Å². The Balaban J connectivity index is 1.68. The Morgan fingerprint density at radius 3 is 2.73 bits per heavy atom. The van der Waals surface area contributed by atoms with E-state index in [1.54, 1.807) is 12.1 Å². The summed E-state index contributed by atoms with van der Waals surface area (Å²) in [5.74, 6) is 2.89. The lowest BCUT2D eigenvalue weighted by atomic mass is 9.75. The zero-order valence-electron chi connectivity index (χ0n) is 12.0. The molecule has 0 spiro atoms. The summed E-state index contributed by atoms with van der Waals surface area (Å²) in [5, 5.41) is 11.3. The Labute approximate surface area is 136 Å². The van der Waals surface area contributed by atoms with Crippen molar-refractivity contribution in [3.63, 3.8) is 0 Å². The number of aromatic hydroxyl groups is 1. The molecule has 5 atom stereocenters. The number of hydrogen-bond acceptors (Lipinski definition) is 4. The second kappa shape index (κ2) is 4.65. The maximum atomic E-state index is 11.9. The van der Waals surface area contributed by atoms with Crippen LogP contribution >= 0.6 is 23.1 Å². The monoisotopic (exact) mass is 331 g/mol. The first kappa shape index (κ1) is 13.3. The molecule has 2 heterocycles. The molecule has 0 unspecified atom stereocenters. The van der Waals surface area contributed by atoms with Crippen molar-refractivity contribution < 1.29 is 5.11 Å². The number of nitrogens with one attached hydrogen (secondary N) is 1. The topological polar surface area (TPSA) is 53.1 Å². The fourth-order valence-electron chi connectivity index (χ4n) is 4.90. The summed E-state index contributed by atoms with van der Waals surface area (Å²) in [5.41, 5.74) is 1.25. The molecular formula is C17H17NO2S2. The molecule has 1 aromatic heterocycles. The van der Waals surface area contributed by atoms with Gasteiger partial charge >= 0.3 is 4.87 Å². The molecule has 5 heteroatoms. The third-order valence-electron chi connectivity index (χ3n) is 5.72. The van der Waals surface area contributed by atoms with Crippen LogP contribution in [0.25, 0.3) is 0 Å². The highest BCUT2D eigenvalue weighted by Gasteiger charge is 2.54. The third kappa shape index (κ3) is 1.78. The Morgan fingerprint density at radius 2 is 1.91 bits per heavy atom. The van der Waals surface area contributed by atoms with Gasteiger partial charge in [-0.3, -0.25) is 4.79 Å². The Bertz CT molecular complexity index is 779. The van der Waals surface area contributed by atoms with Crippen LogP contribution in [0.1, 0.15) is 35.6 Å². The average Bonchev–Trinajstić information content (AvgIpc) is 3.19. The molecule has 2 saturated carbocycles. The van der Waals surface area contributed by atoms with Gasteiger partial charge in [0.05, 0.1) is 5.03 Å². The number of fused-ring (bicyclic) bond motifs is 6. The zero-order chi connectivity index (χ0) is 14.8. The van der Waals surface area contributed by atoms with E-state index < -0.39 is 0 Å². The van der Waals surface area contributed by atoms with Crippen molar-refractivity contribution in [3.05, 3.63) is 44.4 Å². The van der Waals surface area contributed by atoms with Gasteiger partial charge in [-0.05, 0) is 54.7 Å². The molecule has 2 N–H and O–H groups in total. The number of H-pyrrole nitrogens is 1. The maximum Gasteiger partial charge on any atom is 0.305 e. The number of rotatable bonds is 1. The molecule has 0 saturated heterocycles. The number of benzene rings is 1. The molecule has 0 radical (unpaired) electrons. The molecule has 1 aliphatic heterocycles. The van der Waals surface area contributed by atoms with Crippen LogP contribution < -0.4 is 4.87 Å². The second-order valence-electron chi connectivity index (χ2n) is 6.77. The van der Waals surface area contributed by atoms with Crippen molar-refractivity contribution in [2.24, 2.45) is 17.8 Å². The minimum Gasteiger partial charge on any atom is -0.508 e. The molecule has 114 valence electrons. The van der Waals surface area contributed by atoms with E-state index in [1.807, 2.05) is 23.9 Å². The first-order valence-corrected chi connectivity index (χ1v) is 9.59. The van der Waals surface area contributed by atoms with Crippen molar-refractivity contribution in [2.45, 2.75) is 35.5 Å².